The van der Waals surface area contributed by atoms with E-state index < -0.39 is 10.0 Å². The summed E-state index contributed by atoms with van der Waals surface area (Å²) in [7, 11) is -1.81. The number of hydrogen-bond acceptors (Lipinski definition) is 3. The van der Waals surface area contributed by atoms with Crippen molar-refractivity contribution in [2.24, 2.45) is 0 Å². The van der Waals surface area contributed by atoms with Gasteiger partial charge in [0.05, 0.1) is 17.0 Å². The molecule has 4 nitrogen and oxygen atoms in total. The topological polar surface area (TPSA) is 46.6 Å². The molecular weight excluding hydrogens is 330 g/mol. The summed E-state index contributed by atoms with van der Waals surface area (Å²) < 4.78 is 31.9. The quantitative estimate of drug-likeness (QED) is 0.785. The van der Waals surface area contributed by atoms with Gasteiger partial charge >= 0.3 is 0 Å². The average molecular weight is 348 g/mol. The molecule has 0 N–H and O–H groups in total. The molecule has 1 aromatic carbocycles. The first-order valence-corrected chi connectivity index (χ1v) is 8.77. The van der Waals surface area contributed by atoms with E-state index in [0.29, 0.717) is 11.5 Å². The maximum Gasteiger partial charge on any atom is 0.243 e. The number of halogens is 1. The highest BCUT2D eigenvalue weighted by Gasteiger charge is 2.35. The van der Waals surface area contributed by atoms with E-state index in [0.717, 1.165) is 17.3 Å². The second-order valence-corrected chi connectivity index (χ2v) is 7.29. The van der Waals surface area contributed by atoms with Gasteiger partial charge in [0, 0.05) is 19.0 Å². The Bertz CT molecular complexity index is 529. The van der Waals surface area contributed by atoms with Crippen molar-refractivity contribution in [3.63, 3.8) is 0 Å². The molecule has 106 valence electrons. The predicted molar refractivity (Wildman–Crippen MR) is 77.8 cm³/mol. The first-order valence-electron chi connectivity index (χ1n) is 6.21. The molecule has 1 saturated heterocycles. The van der Waals surface area contributed by atoms with Crippen LogP contribution in [0.5, 0.6) is 0 Å². The minimum absolute atomic E-state index is 0.0541. The Labute approximate surface area is 122 Å². The van der Waals surface area contributed by atoms with Gasteiger partial charge in [0.15, 0.2) is 0 Å². The standard InChI is InChI=1S/C13H18BrNO3S/c1-10-13(7-8-18-10)15(2)19(16,17)12-5-3-11(9-14)4-6-12/h3-6,10,13H,7-9H2,1-2H3. The summed E-state index contributed by atoms with van der Waals surface area (Å²) in [4.78, 5) is 0.332. The first-order chi connectivity index (χ1) is 8.96. The second kappa shape index (κ2) is 5.91. The largest absolute Gasteiger partial charge is 0.377 e. The van der Waals surface area contributed by atoms with Gasteiger partial charge in [-0.3, -0.25) is 0 Å². The highest BCUT2D eigenvalue weighted by molar-refractivity contribution is 9.08. The number of likely N-dealkylation sites (N-methyl/N-ethyl adjacent to an activating group) is 1. The van der Waals surface area contributed by atoms with E-state index in [1.807, 2.05) is 19.1 Å². The fraction of sp³-hybridized carbons (Fsp3) is 0.538. The van der Waals surface area contributed by atoms with Gasteiger partial charge in [-0.15, -0.1) is 0 Å². The summed E-state index contributed by atoms with van der Waals surface area (Å²) >= 11 is 3.35. The lowest BCUT2D eigenvalue weighted by atomic mass is 10.2. The molecule has 2 rings (SSSR count). The molecule has 0 bridgehead atoms. The highest BCUT2D eigenvalue weighted by atomic mass is 79.9. The summed E-state index contributed by atoms with van der Waals surface area (Å²) in [5, 5.41) is 0.719. The maximum atomic E-state index is 12.5. The van der Waals surface area contributed by atoms with Crippen LogP contribution in [0.25, 0.3) is 0 Å². The number of alkyl halides is 1. The normalized spacial score (nSPS) is 24.0. The third-order valence-electron chi connectivity index (χ3n) is 3.56. The number of nitrogens with zero attached hydrogens (tertiary/aromatic N) is 1. The summed E-state index contributed by atoms with van der Waals surface area (Å²) in [5.74, 6) is 0. The van der Waals surface area contributed by atoms with Crippen molar-refractivity contribution in [1.82, 2.24) is 4.31 Å². The van der Waals surface area contributed by atoms with Gasteiger partial charge in [-0.25, -0.2) is 8.42 Å². The molecule has 0 aliphatic carbocycles. The molecule has 1 fully saturated rings. The summed E-state index contributed by atoms with van der Waals surface area (Å²) in [5.41, 5.74) is 1.05. The van der Waals surface area contributed by atoms with Crippen LogP contribution in [0, 0.1) is 0 Å². The van der Waals surface area contributed by atoms with Crippen LogP contribution in [0.15, 0.2) is 29.2 Å². The van der Waals surface area contributed by atoms with Crippen molar-refractivity contribution >= 4 is 26.0 Å². The monoisotopic (exact) mass is 347 g/mol. The van der Waals surface area contributed by atoms with Gasteiger partial charge in [0.1, 0.15) is 0 Å². The van der Waals surface area contributed by atoms with E-state index in [1.54, 1.807) is 19.2 Å². The molecule has 19 heavy (non-hydrogen) atoms. The third-order valence-corrected chi connectivity index (χ3v) is 6.10. The zero-order valence-corrected chi connectivity index (χ0v) is 13.4. The number of ether oxygens (including phenoxy) is 1. The minimum atomic E-state index is -3.44. The van der Waals surface area contributed by atoms with E-state index in [4.69, 9.17) is 4.74 Å². The Morgan fingerprint density at radius 1 is 1.37 bits per heavy atom. The minimum Gasteiger partial charge on any atom is -0.377 e. The van der Waals surface area contributed by atoms with Crippen molar-refractivity contribution in [1.29, 1.82) is 0 Å². The van der Waals surface area contributed by atoms with Crippen LogP contribution in [0.4, 0.5) is 0 Å². The van der Waals surface area contributed by atoms with Crippen LogP contribution in [-0.4, -0.2) is 38.5 Å². The van der Waals surface area contributed by atoms with Crippen molar-refractivity contribution in [2.75, 3.05) is 13.7 Å². The number of rotatable bonds is 4. The van der Waals surface area contributed by atoms with Crippen LogP contribution in [0.2, 0.25) is 0 Å². The lowest BCUT2D eigenvalue weighted by molar-refractivity contribution is 0.102. The fourth-order valence-corrected chi connectivity index (χ4v) is 4.11. The Balaban J connectivity index is 2.25. The second-order valence-electron chi connectivity index (χ2n) is 4.73. The van der Waals surface area contributed by atoms with E-state index in [1.165, 1.54) is 4.31 Å². The first kappa shape index (κ1) is 15.0. The average Bonchev–Trinajstić information content (AvgIpc) is 2.84. The van der Waals surface area contributed by atoms with Crippen molar-refractivity contribution in [3.8, 4) is 0 Å². The predicted octanol–water partition coefficient (Wildman–Crippen LogP) is 2.38. The van der Waals surface area contributed by atoms with E-state index in [9.17, 15) is 8.42 Å². The molecule has 6 heteroatoms. The van der Waals surface area contributed by atoms with Crippen LogP contribution >= 0.6 is 15.9 Å². The Morgan fingerprint density at radius 2 is 2.00 bits per heavy atom. The summed E-state index contributed by atoms with van der Waals surface area (Å²) in [6.07, 6.45) is 0.692. The van der Waals surface area contributed by atoms with Crippen LogP contribution in [0.1, 0.15) is 18.9 Å². The van der Waals surface area contributed by atoms with Gasteiger partial charge in [-0.05, 0) is 31.0 Å². The molecule has 2 unspecified atom stereocenters. The summed E-state index contributed by atoms with van der Waals surface area (Å²) in [6.45, 7) is 2.53. The third kappa shape index (κ3) is 3.02. The number of hydrogen-bond donors (Lipinski definition) is 0. The Kier molecular flexibility index (Phi) is 4.66. The van der Waals surface area contributed by atoms with Crippen molar-refractivity contribution < 1.29 is 13.2 Å². The van der Waals surface area contributed by atoms with Gasteiger partial charge in [-0.2, -0.15) is 4.31 Å². The lowest BCUT2D eigenvalue weighted by Gasteiger charge is -2.26. The van der Waals surface area contributed by atoms with Gasteiger partial charge in [-0.1, -0.05) is 28.1 Å². The Hall–Kier alpha value is -0.430. The molecule has 0 amide bonds. The number of benzene rings is 1. The number of sulfonamides is 1. The van der Waals surface area contributed by atoms with Crippen molar-refractivity contribution in [2.45, 2.75) is 35.7 Å². The molecule has 2 atom stereocenters. The van der Waals surface area contributed by atoms with Crippen LogP contribution in [-0.2, 0) is 20.1 Å². The molecule has 1 heterocycles. The van der Waals surface area contributed by atoms with Crippen LogP contribution in [0.3, 0.4) is 0 Å². The zero-order valence-electron chi connectivity index (χ0n) is 11.0. The molecular formula is C13H18BrNO3S. The fourth-order valence-electron chi connectivity index (χ4n) is 2.29. The maximum absolute atomic E-state index is 12.5. The molecule has 0 radical (unpaired) electrons. The molecule has 1 aromatic rings. The Morgan fingerprint density at radius 3 is 2.47 bits per heavy atom. The molecule has 0 aromatic heterocycles. The smallest absolute Gasteiger partial charge is 0.243 e. The van der Waals surface area contributed by atoms with E-state index in [-0.39, 0.29) is 12.1 Å². The SMILES string of the molecule is CC1OCCC1N(C)S(=O)(=O)c1ccc(CBr)cc1. The van der Waals surface area contributed by atoms with Crippen LogP contribution < -0.4 is 0 Å². The molecule has 1 aliphatic rings. The van der Waals surface area contributed by atoms with Crippen molar-refractivity contribution in [3.05, 3.63) is 29.8 Å². The van der Waals surface area contributed by atoms with Gasteiger partial charge in [0.25, 0.3) is 0 Å². The van der Waals surface area contributed by atoms with Gasteiger partial charge in [0.2, 0.25) is 10.0 Å². The lowest BCUT2D eigenvalue weighted by Crippen LogP contribution is -2.40. The van der Waals surface area contributed by atoms with E-state index in [2.05, 4.69) is 15.9 Å². The molecule has 0 saturated carbocycles. The van der Waals surface area contributed by atoms with E-state index >= 15 is 0 Å². The summed E-state index contributed by atoms with van der Waals surface area (Å²) in [6, 6.07) is 6.88. The van der Waals surface area contributed by atoms with Gasteiger partial charge < -0.3 is 4.74 Å². The zero-order chi connectivity index (χ0) is 14.0. The highest BCUT2D eigenvalue weighted by Crippen LogP contribution is 2.25. The molecule has 1 aliphatic heterocycles. The molecule has 0 spiro atoms.